The van der Waals surface area contributed by atoms with Gasteiger partial charge in [0.15, 0.2) is 0 Å². The highest BCUT2D eigenvalue weighted by Crippen LogP contribution is 2.41. The van der Waals surface area contributed by atoms with Crippen LogP contribution in [-0.4, -0.2) is 23.8 Å². The maximum atomic E-state index is 9.17. The molecule has 1 fully saturated rings. The van der Waals surface area contributed by atoms with Crippen molar-refractivity contribution < 1.29 is 5.11 Å². The standard InChI is InChI=1S/C15H22ClNO/c1-11-4-5-13(16)10-14(11)17-8-6-12(7-9-18)15(17,2)3/h4-5,10,12,18H,6-9H2,1-3H3. The molecular weight excluding hydrogens is 246 g/mol. The average molecular weight is 268 g/mol. The molecule has 1 atom stereocenters. The van der Waals surface area contributed by atoms with Crippen molar-refractivity contribution in [3.05, 3.63) is 28.8 Å². The number of nitrogens with zero attached hydrogens (tertiary/aromatic N) is 1. The Morgan fingerprint density at radius 1 is 1.44 bits per heavy atom. The van der Waals surface area contributed by atoms with Gasteiger partial charge in [0, 0.05) is 29.4 Å². The van der Waals surface area contributed by atoms with Gasteiger partial charge in [0.25, 0.3) is 0 Å². The van der Waals surface area contributed by atoms with Crippen LogP contribution in [0.15, 0.2) is 18.2 Å². The maximum Gasteiger partial charge on any atom is 0.0434 e. The molecule has 0 spiro atoms. The zero-order valence-corrected chi connectivity index (χ0v) is 12.2. The molecule has 3 heteroatoms. The molecule has 0 saturated carbocycles. The van der Waals surface area contributed by atoms with Crippen molar-refractivity contribution >= 4 is 17.3 Å². The van der Waals surface area contributed by atoms with Crippen molar-refractivity contribution in [2.75, 3.05) is 18.1 Å². The summed E-state index contributed by atoms with van der Waals surface area (Å²) in [6.45, 7) is 7.97. The second-order valence-corrected chi connectivity index (χ2v) is 6.17. The molecule has 1 aliphatic rings. The predicted octanol–water partition coefficient (Wildman–Crippen LogP) is 3.64. The van der Waals surface area contributed by atoms with Crippen molar-refractivity contribution in [2.45, 2.75) is 39.2 Å². The van der Waals surface area contributed by atoms with Crippen molar-refractivity contribution in [2.24, 2.45) is 5.92 Å². The molecule has 1 aromatic rings. The Bertz CT molecular complexity index is 431. The molecule has 1 aromatic carbocycles. The average Bonchev–Trinajstić information content (AvgIpc) is 2.59. The number of aryl methyl sites for hydroxylation is 1. The maximum absolute atomic E-state index is 9.17. The Balaban J connectivity index is 2.31. The first kappa shape index (κ1) is 13.7. The van der Waals surface area contributed by atoms with Crippen LogP contribution in [0, 0.1) is 12.8 Å². The SMILES string of the molecule is Cc1ccc(Cl)cc1N1CCC(CCO)C1(C)C. The minimum Gasteiger partial charge on any atom is -0.396 e. The Morgan fingerprint density at radius 2 is 2.17 bits per heavy atom. The quantitative estimate of drug-likeness (QED) is 0.904. The van der Waals surface area contributed by atoms with E-state index < -0.39 is 0 Å². The van der Waals surface area contributed by atoms with Crippen LogP contribution in [0.4, 0.5) is 5.69 Å². The van der Waals surface area contributed by atoms with Crippen molar-refractivity contribution in [1.29, 1.82) is 0 Å². The van der Waals surface area contributed by atoms with Crippen molar-refractivity contribution in [3.63, 3.8) is 0 Å². The molecule has 0 radical (unpaired) electrons. The van der Waals surface area contributed by atoms with E-state index in [1.807, 2.05) is 6.07 Å². The van der Waals surface area contributed by atoms with Crippen LogP contribution in [0.2, 0.25) is 5.02 Å². The van der Waals surface area contributed by atoms with E-state index in [1.165, 1.54) is 11.3 Å². The Hall–Kier alpha value is -0.730. The fourth-order valence-corrected chi connectivity index (χ4v) is 3.27. The molecule has 18 heavy (non-hydrogen) atoms. The van der Waals surface area contributed by atoms with Crippen molar-refractivity contribution in [3.8, 4) is 0 Å². The highest BCUT2D eigenvalue weighted by atomic mass is 35.5. The third-order valence-electron chi connectivity index (χ3n) is 4.34. The van der Waals surface area contributed by atoms with E-state index in [4.69, 9.17) is 11.6 Å². The van der Waals surface area contributed by atoms with E-state index in [1.54, 1.807) is 0 Å². The van der Waals surface area contributed by atoms with Gasteiger partial charge in [-0.2, -0.15) is 0 Å². The van der Waals surface area contributed by atoms with E-state index in [-0.39, 0.29) is 12.1 Å². The summed E-state index contributed by atoms with van der Waals surface area (Å²) in [5, 5.41) is 9.96. The number of rotatable bonds is 3. The highest BCUT2D eigenvalue weighted by molar-refractivity contribution is 6.30. The number of benzene rings is 1. The number of aliphatic hydroxyl groups is 1. The topological polar surface area (TPSA) is 23.5 Å². The fraction of sp³-hybridized carbons (Fsp3) is 0.600. The minimum absolute atomic E-state index is 0.0815. The molecule has 2 nitrogen and oxygen atoms in total. The summed E-state index contributed by atoms with van der Waals surface area (Å²) in [7, 11) is 0. The smallest absolute Gasteiger partial charge is 0.0434 e. The molecule has 0 aromatic heterocycles. The number of hydrogen-bond acceptors (Lipinski definition) is 2. The predicted molar refractivity (Wildman–Crippen MR) is 77.4 cm³/mol. The first-order valence-corrected chi connectivity index (χ1v) is 6.99. The molecule has 1 unspecified atom stereocenters. The monoisotopic (exact) mass is 267 g/mol. The lowest BCUT2D eigenvalue weighted by atomic mass is 9.86. The van der Waals surface area contributed by atoms with Crippen LogP contribution >= 0.6 is 11.6 Å². The van der Waals surface area contributed by atoms with E-state index in [0.29, 0.717) is 5.92 Å². The second kappa shape index (κ2) is 5.10. The lowest BCUT2D eigenvalue weighted by molar-refractivity contribution is 0.229. The van der Waals surface area contributed by atoms with Gasteiger partial charge in [-0.15, -0.1) is 0 Å². The van der Waals surface area contributed by atoms with Crippen molar-refractivity contribution in [1.82, 2.24) is 0 Å². The molecule has 1 heterocycles. The van der Waals surface area contributed by atoms with E-state index in [2.05, 4.69) is 37.8 Å². The summed E-state index contributed by atoms with van der Waals surface area (Å²) in [6, 6.07) is 6.07. The lowest BCUT2D eigenvalue weighted by Gasteiger charge is -2.38. The van der Waals surface area contributed by atoms with Gasteiger partial charge in [0.05, 0.1) is 0 Å². The largest absolute Gasteiger partial charge is 0.396 e. The first-order valence-electron chi connectivity index (χ1n) is 6.61. The Labute approximate surface area is 115 Å². The van der Waals surface area contributed by atoms with Gasteiger partial charge in [-0.3, -0.25) is 0 Å². The Kier molecular flexibility index (Phi) is 3.88. The summed E-state index contributed by atoms with van der Waals surface area (Å²) >= 11 is 6.12. The number of aliphatic hydroxyl groups excluding tert-OH is 1. The number of anilines is 1. The van der Waals surface area contributed by atoms with Crippen LogP contribution in [0.3, 0.4) is 0 Å². The third kappa shape index (κ3) is 2.36. The Morgan fingerprint density at radius 3 is 2.83 bits per heavy atom. The third-order valence-corrected chi connectivity index (χ3v) is 4.57. The lowest BCUT2D eigenvalue weighted by Crippen LogP contribution is -2.43. The summed E-state index contributed by atoms with van der Waals surface area (Å²) in [6.07, 6.45) is 2.02. The first-order chi connectivity index (χ1) is 8.46. The van der Waals surface area contributed by atoms with Gasteiger partial charge in [-0.25, -0.2) is 0 Å². The molecule has 1 saturated heterocycles. The van der Waals surface area contributed by atoms with E-state index in [9.17, 15) is 5.11 Å². The van der Waals surface area contributed by atoms with Gasteiger partial charge >= 0.3 is 0 Å². The van der Waals surface area contributed by atoms with Crippen LogP contribution in [0.5, 0.6) is 0 Å². The molecular formula is C15H22ClNO. The van der Waals surface area contributed by atoms with Gasteiger partial charge in [0.2, 0.25) is 0 Å². The van der Waals surface area contributed by atoms with Gasteiger partial charge in [0.1, 0.15) is 0 Å². The highest BCUT2D eigenvalue weighted by Gasteiger charge is 2.41. The molecule has 100 valence electrons. The minimum atomic E-state index is 0.0815. The molecule has 2 rings (SSSR count). The van der Waals surface area contributed by atoms with Gasteiger partial charge < -0.3 is 10.0 Å². The van der Waals surface area contributed by atoms with Crippen LogP contribution < -0.4 is 4.90 Å². The summed E-state index contributed by atoms with van der Waals surface area (Å²) < 4.78 is 0. The van der Waals surface area contributed by atoms with Gasteiger partial charge in [-0.1, -0.05) is 17.7 Å². The number of halogens is 1. The molecule has 0 aliphatic carbocycles. The fourth-order valence-electron chi connectivity index (χ4n) is 3.10. The summed E-state index contributed by atoms with van der Waals surface area (Å²) in [5.41, 5.74) is 2.57. The molecule has 1 aliphatic heterocycles. The van der Waals surface area contributed by atoms with E-state index in [0.717, 1.165) is 24.4 Å². The number of hydrogen-bond donors (Lipinski definition) is 1. The zero-order valence-electron chi connectivity index (χ0n) is 11.4. The van der Waals surface area contributed by atoms with Crippen LogP contribution in [0.1, 0.15) is 32.3 Å². The normalized spacial score (nSPS) is 22.5. The molecule has 1 N–H and O–H groups in total. The second-order valence-electron chi connectivity index (χ2n) is 5.73. The van der Waals surface area contributed by atoms with E-state index >= 15 is 0 Å². The van der Waals surface area contributed by atoms with Gasteiger partial charge in [-0.05, 0) is 57.2 Å². The van der Waals surface area contributed by atoms with Crippen LogP contribution in [-0.2, 0) is 0 Å². The zero-order chi connectivity index (χ0) is 13.3. The molecule has 0 bridgehead atoms. The summed E-state index contributed by atoms with van der Waals surface area (Å²) in [5.74, 6) is 0.542. The summed E-state index contributed by atoms with van der Waals surface area (Å²) in [4.78, 5) is 2.44. The van der Waals surface area contributed by atoms with Crippen LogP contribution in [0.25, 0.3) is 0 Å². The molecule has 0 amide bonds.